The maximum Gasteiger partial charge on any atom is 0.229 e. The van der Waals surface area contributed by atoms with Crippen molar-refractivity contribution in [3.05, 3.63) is 59.8 Å². The zero-order valence-electron chi connectivity index (χ0n) is 12.7. The van der Waals surface area contributed by atoms with Crippen LogP contribution in [-0.2, 0) is 10.0 Å². The van der Waals surface area contributed by atoms with E-state index in [1.807, 2.05) is 30.3 Å². The van der Waals surface area contributed by atoms with E-state index in [0.717, 1.165) is 28.9 Å². The van der Waals surface area contributed by atoms with Crippen LogP contribution in [0.5, 0.6) is 0 Å². The predicted octanol–water partition coefficient (Wildman–Crippen LogP) is 3.85. The van der Waals surface area contributed by atoms with Crippen LogP contribution in [-0.4, -0.2) is 24.9 Å². The van der Waals surface area contributed by atoms with Crippen molar-refractivity contribution >= 4 is 38.7 Å². The van der Waals surface area contributed by atoms with Crippen molar-refractivity contribution in [2.24, 2.45) is 0 Å². The number of halogens is 1. The van der Waals surface area contributed by atoms with Gasteiger partial charge in [-0.3, -0.25) is 9.82 Å². The molecule has 0 aliphatic heterocycles. The van der Waals surface area contributed by atoms with E-state index in [1.165, 1.54) is 0 Å². The highest BCUT2D eigenvalue weighted by Gasteiger charge is 2.09. The smallest absolute Gasteiger partial charge is 0.229 e. The Hall–Kier alpha value is -2.51. The Labute approximate surface area is 144 Å². The molecule has 0 bridgehead atoms. The Balaban J connectivity index is 1.85. The maximum atomic E-state index is 11.3. The molecule has 3 rings (SSSR count). The number of nitrogens with one attached hydrogen (secondary N) is 3. The summed E-state index contributed by atoms with van der Waals surface area (Å²) in [6.45, 7) is 0. The molecule has 2 aromatic carbocycles. The van der Waals surface area contributed by atoms with E-state index in [-0.39, 0.29) is 0 Å². The van der Waals surface area contributed by atoms with Gasteiger partial charge >= 0.3 is 0 Å². The Kier molecular flexibility index (Phi) is 4.46. The molecule has 3 aromatic rings. The monoisotopic (exact) mass is 362 g/mol. The first-order chi connectivity index (χ1) is 11.4. The molecule has 124 valence electrons. The fraction of sp³-hybridized carbons (Fsp3) is 0.0625. The predicted molar refractivity (Wildman–Crippen MR) is 97.2 cm³/mol. The highest BCUT2D eigenvalue weighted by atomic mass is 35.5. The summed E-state index contributed by atoms with van der Waals surface area (Å²) in [5.74, 6) is 0. The summed E-state index contributed by atoms with van der Waals surface area (Å²) < 4.78 is 24.9. The molecule has 0 aliphatic carbocycles. The van der Waals surface area contributed by atoms with Crippen molar-refractivity contribution in [2.45, 2.75) is 0 Å². The average Bonchev–Trinajstić information content (AvgIpc) is 2.94. The van der Waals surface area contributed by atoms with Crippen molar-refractivity contribution < 1.29 is 8.42 Å². The second-order valence-electron chi connectivity index (χ2n) is 5.25. The molecule has 0 fully saturated rings. The van der Waals surface area contributed by atoms with Gasteiger partial charge in [-0.15, -0.1) is 0 Å². The van der Waals surface area contributed by atoms with Gasteiger partial charge in [0.1, 0.15) is 0 Å². The largest absolute Gasteiger partial charge is 0.352 e. The lowest BCUT2D eigenvalue weighted by Crippen LogP contribution is -2.09. The van der Waals surface area contributed by atoms with Crippen LogP contribution in [0.25, 0.3) is 11.3 Å². The van der Waals surface area contributed by atoms with Gasteiger partial charge in [-0.25, -0.2) is 8.42 Å². The van der Waals surface area contributed by atoms with E-state index in [1.54, 1.807) is 24.4 Å². The van der Waals surface area contributed by atoms with Gasteiger partial charge in [0.05, 0.1) is 23.8 Å². The third kappa shape index (κ3) is 4.06. The highest BCUT2D eigenvalue weighted by molar-refractivity contribution is 7.92. The number of hydrogen-bond acceptors (Lipinski definition) is 4. The second-order valence-corrected chi connectivity index (χ2v) is 7.43. The van der Waals surface area contributed by atoms with Crippen LogP contribution in [0.3, 0.4) is 0 Å². The van der Waals surface area contributed by atoms with E-state index in [4.69, 9.17) is 11.6 Å². The summed E-state index contributed by atoms with van der Waals surface area (Å²) in [7, 11) is -3.29. The number of aromatic nitrogens is 2. The van der Waals surface area contributed by atoms with Gasteiger partial charge in [0.25, 0.3) is 0 Å². The summed E-state index contributed by atoms with van der Waals surface area (Å²) in [6.07, 6.45) is 2.79. The quantitative estimate of drug-likeness (QED) is 0.643. The molecule has 0 amide bonds. The molecule has 0 spiro atoms. The first-order valence-electron chi connectivity index (χ1n) is 7.05. The molecule has 0 unspecified atom stereocenters. The third-order valence-corrected chi connectivity index (χ3v) is 4.06. The number of anilines is 3. The van der Waals surface area contributed by atoms with Gasteiger partial charge in [0.2, 0.25) is 10.0 Å². The van der Waals surface area contributed by atoms with Gasteiger partial charge in [-0.1, -0.05) is 29.8 Å². The molecular weight excluding hydrogens is 348 g/mol. The zero-order valence-corrected chi connectivity index (χ0v) is 14.3. The molecule has 0 aliphatic rings. The molecule has 1 aromatic heterocycles. The molecular formula is C16H15ClN4O2S. The molecule has 8 heteroatoms. The van der Waals surface area contributed by atoms with Crippen LogP contribution in [0.4, 0.5) is 17.1 Å². The summed E-state index contributed by atoms with van der Waals surface area (Å²) in [6, 6.07) is 14.4. The molecule has 24 heavy (non-hydrogen) atoms. The van der Waals surface area contributed by atoms with Crippen molar-refractivity contribution in [1.29, 1.82) is 0 Å². The van der Waals surface area contributed by atoms with Crippen LogP contribution in [0.2, 0.25) is 5.02 Å². The average molecular weight is 363 g/mol. The fourth-order valence-corrected chi connectivity index (χ4v) is 3.00. The summed E-state index contributed by atoms with van der Waals surface area (Å²) in [4.78, 5) is 0. The number of benzene rings is 2. The third-order valence-electron chi connectivity index (χ3n) is 3.22. The van der Waals surface area contributed by atoms with Crippen LogP contribution in [0.1, 0.15) is 0 Å². The molecule has 3 N–H and O–H groups in total. The maximum absolute atomic E-state index is 11.3. The number of aromatic amines is 1. The standard InChI is InChI=1S/C16H15ClN4O2S/c1-24(22,23)21-13-7-5-11(6-8-13)16-15(10-18-20-16)19-14-4-2-3-12(17)9-14/h2-10,19,21H,1H3,(H,18,20). The number of sulfonamides is 1. The van der Waals surface area contributed by atoms with Crippen LogP contribution >= 0.6 is 11.6 Å². The van der Waals surface area contributed by atoms with Crippen molar-refractivity contribution in [3.8, 4) is 11.3 Å². The molecule has 6 nitrogen and oxygen atoms in total. The minimum absolute atomic E-state index is 0.505. The summed E-state index contributed by atoms with van der Waals surface area (Å²) >= 11 is 5.99. The van der Waals surface area contributed by atoms with Crippen LogP contribution in [0.15, 0.2) is 54.7 Å². The first-order valence-corrected chi connectivity index (χ1v) is 9.32. The first kappa shape index (κ1) is 16.4. The van der Waals surface area contributed by atoms with Gasteiger partial charge in [-0.2, -0.15) is 5.10 Å². The van der Waals surface area contributed by atoms with Crippen LogP contribution < -0.4 is 10.0 Å². The summed E-state index contributed by atoms with van der Waals surface area (Å²) in [5, 5.41) is 10.9. The molecule has 0 radical (unpaired) electrons. The number of nitrogens with zero attached hydrogens (tertiary/aromatic N) is 1. The van der Waals surface area contributed by atoms with Crippen molar-refractivity contribution in [2.75, 3.05) is 16.3 Å². The van der Waals surface area contributed by atoms with Gasteiger partial charge in [0, 0.05) is 22.0 Å². The van der Waals surface area contributed by atoms with E-state index >= 15 is 0 Å². The minimum Gasteiger partial charge on any atom is -0.352 e. The van der Waals surface area contributed by atoms with Crippen molar-refractivity contribution in [1.82, 2.24) is 10.2 Å². The van der Waals surface area contributed by atoms with Gasteiger partial charge in [-0.05, 0) is 30.3 Å². The number of hydrogen-bond donors (Lipinski definition) is 3. The highest BCUT2D eigenvalue weighted by Crippen LogP contribution is 2.29. The molecule has 0 saturated carbocycles. The van der Waals surface area contributed by atoms with E-state index in [2.05, 4.69) is 20.2 Å². The Morgan fingerprint density at radius 1 is 1.08 bits per heavy atom. The van der Waals surface area contributed by atoms with Gasteiger partial charge < -0.3 is 5.32 Å². The van der Waals surface area contributed by atoms with Gasteiger partial charge in [0.15, 0.2) is 0 Å². The lowest BCUT2D eigenvalue weighted by molar-refractivity contribution is 0.607. The zero-order chi connectivity index (χ0) is 17.2. The number of H-pyrrole nitrogens is 1. The topological polar surface area (TPSA) is 86.9 Å². The fourth-order valence-electron chi connectivity index (χ4n) is 2.24. The Morgan fingerprint density at radius 2 is 1.83 bits per heavy atom. The van der Waals surface area contributed by atoms with E-state index in [9.17, 15) is 8.42 Å². The number of rotatable bonds is 5. The Bertz CT molecular complexity index is 952. The SMILES string of the molecule is CS(=O)(=O)Nc1ccc(-c2[nH]ncc2Nc2cccc(Cl)c2)cc1. The summed E-state index contributed by atoms with van der Waals surface area (Å²) in [5.41, 5.74) is 3.81. The molecule has 0 saturated heterocycles. The normalized spacial score (nSPS) is 11.2. The molecule has 0 atom stereocenters. The van der Waals surface area contributed by atoms with Crippen molar-refractivity contribution in [3.63, 3.8) is 0 Å². The Morgan fingerprint density at radius 3 is 2.50 bits per heavy atom. The minimum atomic E-state index is -3.29. The lowest BCUT2D eigenvalue weighted by atomic mass is 10.1. The second kappa shape index (κ2) is 6.54. The van der Waals surface area contributed by atoms with Crippen LogP contribution in [0, 0.1) is 0 Å². The van der Waals surface area contributed by atoms with E-state index < -0.39 is 10.0 Å². The van der Waals surface area contributed by atoms with E-state index in [0.29, 0.717) is 10.7 Å². The molecule has 1 heterocycles. The lowest BCUT2D eigenvalue weighted by Gasteiger charge is -2.08.